The topological polar surface area (TPSA) is 98.5 Å². The summed E-state index contributed by atoms with van der Waals surface area (Å²) in [5, 5.41) is 13.6. The smallest absolute Gasteiger partial charge is 0.338 e. The Morgan fingerprint density at radius 3 is 2.41 bits per heavy atom. The van der Waals surface area contributed by atoms with Crippen LogP contribution in [0.15, 0.2) is 48.5 Å². The Kier molecular flexibility index (Phi) is 6.65. The van der Waals surface area contributed by atoms with Crippen LogP contribution >= 0.6 is 0 Å². The van der Waals surface area contributed by atoms with E-state index in [2.05, 4.69) is 5.32 Å². The molecule has 0 saturated carbocycles. The third-order valence-corrected chi connectivity index (χ3v) is 4.23. The first kappa shape index (κ1) is 20.1. The van der Waals surface area contributed by atoms with Gasteiger partial charge in [0.1, 0.15) is 0 Å². The van der Waals surface area contributed by atoms with Gasteiger partial charge in [0.05, 0.1) is 10.5 Å². The van der Waals surface area contributed by atoms with Gasteiger partial charge in [-0.15, -0.1) is 0 Å². The van der Waals surface area contributed by atoms with Crippen molar-refractivity contribution in [2.75, 3.05) is 6.54 Å². The van der Waals surface area contributed by atoms with Gasteiger partial charge in [0.25, 0.3) is 11.6 Å². The van der Waals surface area contributed by atoms with E-state index in [1.807, 2.05) is 37.3 Å². The van der Waals surface area contributed by atoms with Gasteiger partial charge in [-0.05, 0) is 37.5 Å². The summed E-state index contributed by atoms with van der Waals surface area (Å²) in [6.45, 7) is 5.43. The predicted octanol–water partition coefficient (Wildman–Crippen LogP) is 3.37. The number of nitrogens with zero attached hydrogens (tertiary/aromatic N) is 1. The number of aryl methyl sites for hydroxylation is 1. The molecule has 7 nitrogen and oxygen atoms in total. The Bertz CT molecular complexity index is 836. The number of hydrogen-bond donors (Lipinski definition) is 1. The summed E-state index contributed by atoms with van der Waals surface area (Å²) in [5.41, 5.74) is 1.54. The first-order valence-electron chi connectivity index (χ1n) is 8.58. The van der Waals surface area contributed by atoms with Crippen molar-refractivity contribution in [2.24, 2.45) is 0 Å². The van der Waals surface area contributed by atoms with Crippen molar-refractivity contribution in [3.63, 3.8) is 0 Å². The lowest BCUT2D eigenvalue weighted by molar-refractivity contribution is -0.385. The lowest BCUT2D eigenvalue weighted by Crippen LogP contribution is -2.37. The number of nitro groups is 1. The molecule has 0 aliphatic rings. The monoisotopic (exact) mass is 370 g/mol. The van der Waals surface area contributed by atoms with Crippen molar-refractivity contribution in [2.45, 2.75) is 32.8 Å². The van der Waals surface area contributed by atoms with Crippen molar-refractivity contribution in [3.05, 3.63) is 75.3 Å². The van der Waals surface area contributed by atoms with Crippen molar-refractivity contribution in [1.29, 1.82) is 0 Å². The molecule has 0 unspecified atom stereocenters. The first-order chi connectivity index (χ1) is 12.8. The maximum Gasteiger partial charge on any atom is 0.338 e. The molecule has 0 aromatic heterocycles. The number of amides is 1. The molecular weight excluding hydrogens is 348 g/mol. The van der Waals surface area contributed by atoms with Crippen LogP contribution in [0.1, 0.15) is 41.3 Å². The molecule has 7 heteroatoms. The third kappa shape index (κ3) is 5.37. The number of carbonyl (C=O) groups excluding carboxylic acids is 2. The fourth-order valence-electron chi connectivity index (χ4n) is 2.57. The molecule has 2 rings (SSSR count). The summed E-state index contributed by atoms with van der Waals surface area (Å²) in [6, 6.07) is 13.7. The van der Waals surface area contributed by atoms with Crippen molar-refractivity contribution >= 4 is 17.6 Å². The average molecular weight is 370 g/mol. The zero-order valence-electron chi connectivity index (χ0n) is 15.5. The minimum Gasteiger partial charge on any atom is -0.449 e. The molecule has 0 heterocycles. The number of benzene rings is 2. The molecule has 0 radical (unpaired) electrons. The van der Waals surface area contributed by atoms with Gasteiger partial charge >= 0.3 is 5.97 Å². The number of hydrogen-bond acceptors (Lipinski definition) is 5. The number of nitro benzene ring substituents is 1. The molecule has 0 fully saturated rings. The Balaban J connectivity index is 1.91. The Hall–Kier alpha value is -3.22. The summed E-state index contributed by atoms with van der Waals surface area (Å²) in [5.74, 6) is -0.980. The number of carbonyl (C=O) groups is 2. The molecular formula is C20H22N2O5. The van der Waals surface area contributed by atoms with Gasteiger partial charge in [-0.1, -0.05) is 37.3 Å². The van der Waals surface area contributed by atoms with E-state index in [1.165, 1.54) is 32.0 Å². The fraction of sp³-hybridized carbons (Fsp3) is 0.300. The molecule has 1 amide bonds. The van der Waals surface area contributed by atoms with E-state index < -0.39 is 22.9 Å². The van der Waals surface area contributed by atoms with E-state index >= 15 is 0 Å². The van der Waals surface area contributed by atoms with Crippen LogP contribution in [-0.2, 0) is 9.53 Å². The second kappa shape index (κ2) is 8.93. The number of esters is 1. The molecule has 0 aliphatic heterocycles. The second-order valence-corrected chi connectivity index (χ2v) is 6.36. The third-order valence-electron chi connectivity index (χ3n) is 4.23. The van der Waals surface area contributed by atoms with E-state index in [-0.39, 0.29) is 17.2 Å². The highest BCUT2D eigenvalue weighted by Crippen LogP contribution is 2.19. The summed E-state index contributed by atoms with van der Waals surface area (Å²) in [6.07, 6.45) is -0.976. The fourth-order valence-corrected chi connectivity index (χ4v) is 2.57. The largest absolute Gasteiger partial charge is 0.449 e. The molecule has 0 saturated heterocycles. The number of nitrogens with one attached hydrogen (secondary N) is 1. The van der Waals surface area contributed by atoms with Gasteiger partial charge in [0, 0.05) is 18.2 Å². The van der Waals surface area contributed by atoms with Crippen LogP contribution in [0, 0.1) is 17.0 Å². The van der Waals surface area contributed by atoms with Crippen molar-refractivity contribution < 1.29 is 19.2 Å². The maximum atomic E-state index is 12.2. The van der Waals surface area contributed by atoms with Crippen LogP contribution in [-0.4, -0.2) is 29.4 Å². The van der Waals surface area contributed by atoms with Crippen LogP contribution in [0.5, 0.6) is 0 Å². The van der Waals surface area contributed by atoms with E-state index in [4.69, 9.17) is 4.74 Å². The number of ether oxygens (including phenoxy) is 1. The van der Waals surface area contributed by atoms with Gasteiger partial charge in [-0.25, -0.2) is 4.79 Å². The highest BCUT2D eigenvalue weighted by molar-refractivity contribution is 5.92. The molecule has 2 aromatic carbocycles. The first-order valence-corrected chi connectivity index (χ1v) is 8.58. The molecule has 0 spiro atoms. The Morgan fingerprint density at radius 2 is 1.81 bits per heavy atom. The van der Waals surface area contributed by atoms with Crippen molar-refractivity contribution in [1.82, 2.24) is 5.32 Å². The predicted molar refractivity (Wildman–Crippen MR) is 101 cm³/mol. The SMILES string of the molecule is Cc1cc(C(=O)O[C@@H](C)C(=O)NC[C@H](C)c2ccccc2)ccc1[N+](=O)[O-]. The minimum absolute atomic E-state index is 0.0766. The summed E-state index contributed by atoms with van der Waals surface area (Å²) in [4.78, 5) is 34.7. The number of rotatable bonds is 7. The van der Waals surface area contributed by atoms with Gasteiger partial charge in [-0.2, -0.15) is 0 Å². The van der Waals surface area contributed by atoms with E-state index in [9.17, 15) is 19.7 Å². The minimum atomic E-state index is -0.976. The van der Waals surface area contributed by atoms with E-state index in [1.54, 1.807) is 0 Å². The van der Waals surface area contributed by atoms with Gasteiger partial charge < -0.3 is 10.1 Å². The lowest BCUT2D eigenvalue weighted by Gasteiger charge is -2.17. The molecule has 0 aliphatic carbocycles. The zero-order valence-corrected chi connectivity index (χ0v) is 15.5. The summed E-state index contributed by atoms with van der Waals surface area (Å²) in [7, 11) is 0. The van der Waals surface area contributed by atoms with Crippen LogP contribution in [0.25, 0.3) is 0 Å². The van der Waals surface area contributed by atoms with Crippen LogP contribution in [0.4, 0.5) is 5.69 Å². The van der Waals surface area contributed by atoms with Gasteiger partial charge in [0.2, 0.25) is 0 Å². The Labute approximate surface area is 157 Å². The quantitative estimate of drug-likeness (QED) is 0.458. The van der Waals surface area contributed by atoms with E-state index in [0.29, 0.717) is 12.1 Å². The maximum absolute atomic E-state index is 12.2. The van der Waals surface area contributed by atoms with Crippen LogP contribution in [0.2, 0.25) is 0 Å². The normalized spacial score (nSPS) is 12.7. The molecule has 27 heavy (non-hydrogen) atoms. The summed E-state index contributed by atoms with van der Waals surface area (Å²) >= 11 is 0. The zero-order chi connectivity index (χ0) is 20.0. The van der Waals surface area contributed by atoms with Gasteiger partial charge in [0.15, 0.2) is 6.10 Å². The standard InChI is InChI=1S/C20H22N2O5/c1-13-11-17(9-10-18(13)22(25)26)20(24)27-15(3)19(23)21-12-14(2)16-7-5-4-6-8-16/h4-11,14-15H,12H2,1-3H3,(H,21,23)/t14-,15-/m0/s1. The van der Waals surface area contributed by atoms with Crippen molar-refractivity contribution in [3.8, 4) is 0 Å². The highest BCUT2D eigenvalue weighted by Gasteiger charge is 2.21. The molecule has 2 atom stereocenters. The molecule has 2 aromatic rings. The van der Waals surface area contributed by atoms with Crippen LogP contribution < -0.4 is 5.32 Å². The Morgan fingerprint density at radius 1 is 1.15 bits per heavy atom. The second-order valence-electron chi connectivity index (χ2n) is 6.36. The van der Waals surface area contributed by atoms with Crippen LogP contribution in [0.3, 0.4) is 0 Å². The molecule has 1 N–H and O–H groups in total. The van der Waals surface area contributed by atoms with E-state index in [0.717, 1.165) is 5.56 Å². The van der Waals surface area contributed by atoms with Gasteiger partial charge in [-0.3, -0.25) is 14.9 Å². The highest BCUT2D eigenvalue weighted by atomic mass is 16.6. The lowest BCUT2D eigenvalue weighted by atomic mass is 10.0. The average Bonchev–Trinajstić information content (AvgIpc) is 2.65. The molecule has 0 bridgehead atoms. The summed E-state index contributed by atoms with van der Waals surface area (Å²) < 4.78 is 5.17. The molecule has 142 valence electrons.